The SMILES string of the molecule is O=C(C=Cc1ccc(OC(=O)c2ccccc2Cl)cc1)c1ccc(-c2ccccc2)cc1. The highest BCUT2D eigenvalue weighted by Gasteiger charge is 2.12. The van der Waals surface area contributed by atoms with Crippen molar-refractivity contribution in [2.24, 2.45) is 0 Å². The molecule has 0 aliphatic rings. The molecule has 0 aromatic heterocycles. The molecule has 4 aromatic carbocycles. The zero-order valence-corrected chi connectivity index (χ0v) is 17.8. The molecule has 0 fully saturated rings. The lowest BCUT2D eigenvalue weighted by molar-refractivity contribution is 0.0734. The smallest absolute Gasteiger partial charge is 0.345 e. The number of carbonyl (C=O) groups excluding carboxylic acids is 2. The van der Waals surface area contributed by atoms with E-state index >= 15 is 0 Å². The van der Waals surface area contributed by atoms with Crippen LogP contribution in [0.4, 0.5) is 0 Å². The summed E-state index contributed by atoms with van der Waals surface area (Å²) in [6.07, 6.45) is 3.26. The Bertz CT molecular complexity index is 1260. The fraction of sp³-hybridized carbons (Fsp3) is 0. The van der Waals surface area contributed by atoms with Crippen LogP contribution in [-0.4, -0.2) is 11.8 Å². The molecule has 4 rings (SSSR count). The van der Waals surface area contributed by atoms with Gasteiger partial charge in [0.05, 0.1) is 10.6 Å². The lowest BCUT2D eigenvalue weighted by Gasteiger charge is -2.06. The predicted molar refractivity (Wildman–Crippen MR) is 128 cm³/mol. The van der Waals surface area contributed by atoms with Gasteiger partial charge in [-0.25, -0.2) is 4.79 Å². The Morgan fingerprint density at radius 3 is 2.00 bits per heavy atom. The van der Waals surface area contributed by atoms with Gasteiger partial charge in [0.1, 0.15) is 5.75 Å². The van der Waals surface area contributed by atoms with Gasteiger partial charge < -0.3 is 4.74 Å². The van der Waals surface area contributed by atoms with Gasteiger partial charge in [-0.05, 0) is 47.0 Å². The van der Waals surface area contributed by atoms with E-state index in [1.807, 2.05) is 54.6 Å². The third-order valence-electron chi connectivity index (χ3n) is 4.89. The van der Waals surface area contributed by atoms with Crippen LogP contribution in [0.5, 0.6) is 5.75 Å². The highest BCUT2D eigenvalue weighted by atomic mass is 35.5. The predicted octanol–water partition coefficient (Wildman–Crippen LogP) is 7.12. The number of allylic oxidation sites excluding steroid dienone is 1. The van der Waals surface area contributed by atoms with Crippen molar-refractivity contribution < 1.29 is 14.3 Å². The maximum atomic E-state index is 12.5. The number of halogens is 1. The molecule has 0 saturated heterocycles. The second-order valence-electron chi connectivity index (χ2n) is 7.08. The molecule has 156 valence electrons. The van der Waals surface area contributed by atoms with Crippen LogP contribution in [0.3, 0.4) is 0 Å². The molecule has 0 radical (unpaired) electrons. The third kappa shape index (κ3) is 5.20. The van der Waals surface area contributed by atoms with Gasteiger partial charge in [0, 0.05) is 5.56 Å². The summed E-state index contributed by atoms with van der Waals surface area (Å²) in [5.41, 5.74) is 3.91. The van der Waals surface area contributed by atoms with Crippen molar-refractivity contribution in [2.75, 3.05) is 0 Å². The van der Waals surface area contributed by atoms with Crippen LogP contribution < -0.4 is 4.74 Å². The first-order valence-electron chi connectivity index (χ1n) is 10.0. The quantitative estimate of drug-likeness (QED) is 0.139. The van der Waals surface area contributed by atoms with E-state index in [2.05, 4.69) is 0 Å². The van der Waals surface area contributed by atoms with Crippen molar-refractivity contribution in [2.45, 2.75) is 0 Å². The minimum Gasteiger partial charge on any atom is -0.423 e. The number of hydrogen-bond donors (Lipinski definition) is 0. The Labute approximate surface area is 191 Å². The van der Waals surface area contributed by atoms with Gasteiger partial charge in [-0.15, -0.1) is 0 Å². The van der Waals surface area contributed by atoms with Crippen LogP contribution >= 0.6 is 11.6 Å². The number of ketones is 1. The molecule has 0 unspecified atom stereocenters. The molecule has 0 aliphatic carbocycles. The number of rotatable bonds is 6. The van der Waals surface area contributed by atoms with Gasteiger partial charge in [-0.2, -0.15) is 0 Å². The van der Waals surface area contributed by atoms with E-state index in [1.165, 1.54) is 6.08 Å². The van der Waals surface area contributed by atoms with Crippen LogP contribution in [0.15, 0.2) is 109 Å². The normalized spacial score (nSPS) is 10.8. The van der Waals surface area contributed by atoms with Gasteiger partial charge >= 0.3 is 5.97 Å². The second kappa shape index (κ2) is 9.90. The highest BCUT2D eigenvalue weighted by Crippen LogP contribution is 2.21. The van der Waals surface area contributed by atoms with Gasteiger partial charge in [0.2, 0.25) is 0 Å². The average molecular weight is 439 g/mol. The summed E-state index contributed by atoms with van der Waals surface area (Å²) < 4.78 is 5.36. The van der Waals surface area contributed by atoms with Crippen LogP contribution in [-0.2, 0) is 0 Å². The van der Waals surface area contributed by atoms with E-state index in [1.54, 1.807) is 54.6 Å². The van der Waals surface area contributed by atoms with Crippen molar-refractivity contribution >= 4 is 29.4 Å². The van der Waals surface area contributed by atoms with Crippen LogP contribution in [0.25, 0.3) is 17.2 Å². The third-order valence-corrected chi connectivity index (χ3v) is 5.22. The van der Waals surface area contributed by atoms with E-state index in [0.717, 1.165) is 16.7 Å². The number of ether oxygens (including phenoxy) is 1. The van der Waals surface area contributed by atoms with E-state index in [0.29, 0.717) is 21.9 Å². The molecule has 3 nitrogen and oxygen atoms in total. The maximum absolute atomic E-state index is 12.5. The Morgan fingerprint density at radius 2 is 1.31 bits per heavy atom. The first kappa shape index (κ1) is 21.3. The van der Waals surface area contributed by atoms with Gasteiger partial charge in [0.25, 0.3) is 0 Å². The molecule has 4 heteroatoms. The zero-order valence-electron chi connectivity index (χ0n) is 17.1. The summed E-state index contributed by atoms with van der Waals surface area (Å²) in [5.74, 6) is -0.207. The lowest BCUT2D eigenvalue weighted by Crippen LogP contribution is -2.08. The van der Waals surface area contributed by atoms with E-state index in [-0.39, 0.29) is 5.78 Å². The molecule has 0 saturated carbocycles. The van der Waals surface area contributed by atoms with Gasteiger partial charge in [-0.1, -0.05) is 96.5 Å². The first-order valence-corrected chi connectivity index (χ1v) is 10.4. The largest absolute Gasteiger partial charge is 0.423 e. The van der Waals surface area contributed by atoms with Crippen molar-refractivity contribution in [1.82, 2.24) is 0 Å². The molecule has 0 atom stereocenters. The van der Waals surface area contributed by atoms with E-state index in [9.17, 15) is 9.59 Å². The zero-order chi connectivity index (χ0) is 22.3. The number of benzene rings is 4. The highest BCUT2D eigenvalue weighted by molar-refractivity contribution is 6.33. The molecular formula is C28H19ClO3. The Hall–Kier alpha value is -3.95. The number of carbonyl (C=O) groups is 2. The van der Waals surface area contributed by atoms with Crippen molar-refractivity contribution in [3.8, 4) is 16.9 Å². The molecule has 32 heavy (non-hydrogen) atoms. The molecular weight excluding hydrogens is 420 g/mol. The first-order chi connectivity index (χ1) is 15.6. The van der Waals surface area contributed by atoms with Crippen LogP contribution in [0.1, 0.15) is 26.3 Å². The lowest BCUT2D eigenvalue weighted by atomic mass is 10.0. The standard InChI is InChI=1S/C28H19ClO3/c29-26-9-5-4-8-25(26)28(31)32-24-17-10-20(11-18-24)12-19-27(30)23-15-13-22(14-16-23)21-6-2-1-3-7-21/h1-19H. The summed E-state index contributed by atoms with van der Waals surface area (Å²) >= 11 is 6.03. The average Bonchev–Trinajstić information content (AvgIpc) is 2.84. The molecule has 0 heterocycles. The molecule has 0 N–H and O–H groups in total. The summed E-state index contributed by atoms with van der Waals surface area (Å²) in [6, 6.07) is 31.2. The fourth-order valence-electron chi connectivity index (χ4n) is 3.16. The minimum atomic E-state index is -0.520. The van der Waals surface area contributed by atoms with Crippen LogP contribution in [0, 0.1) is 0 Å². The van der Waals surface area contributed by atoms with Crippen molar-refractivity contribution in [3.05, 3.63) is 131 Å². The molecule has 0 spiro atoms. The monoisotopic (exact) mass is 438 g/mol. The number of hydrogen-bond acceptors (Lipinski definition) is 3. The minimum absolute atomic E-state index is 0.0844. The number of esters is 1. The van der Waals surface area contributed by atoms with Gasteiger partial charge in [-0.3, -0.25) is 4.79 Å². The summed E-state index contributed by atoms with van der Waals surface area (Å²) in [7, 11) is 0. The molecule has 0 amide bonds. The molecule has 0 aliphatic heterocycles. The summed E-state index contributed by atoms with van der Waals surface area (Å²) in [4.78, 5) is 24.7. The Balaban J connectivity index is 1.39. The van der Waals surface area contributed by atoms with E-state index < -0.39 is 5.97 Å². The summed E-state index contributed by atoms with van der Waals surface area (Å²) in [5, 5.41) is 0.340. The maximum Gasteiger partial charge on any atom is 0.345 e. The summed E-state index contributed by atoms with van der Waals surface area (Å²) in [6.45, 7) is 0. The van der Waals surface area contributed by atoms with Gasteiger partial charge in [0.15, 0.2) is 5.78 Å². The van der Waals surface area contributed by atoms with Crippen molar-refractivity contribution in [3.63, 3.8) is 0 Å². The van der Waals surface area contributed by atoms with E-state index in [4.69, 9.17) is 16.3 Å². The fourth-order valence-corrected chi connectivity index (χ4v) is 3.37. The van der Waals surface area contributed by atoms with Crippen molar-refractivity contribution in [1.29, 1.82) is 0 Å². The Morgan fingerprint density at radius 1 is 0.688 bits per heavy atom. The molecule has 4 aromatic rings. The Kier molecular flexibility index (Phi) is 6.59. The van der Waals surface area contributed by atoms with Crippen LogP contribution in [0.2, 0.25) is 5.02 Å². The molecule has 0 bridgehead atoms. The second-order valence-corrected chi connectivity index (χ2v) is 7.49. The topological polar surface area (TPSA) is 43.4 Å².